The Kier molecular flexibility index (Phi) is 11.9. The Labute approximate surface area is 304 Å². The second-order valence-electron chi connectivity index (χ2n) is 11.3. The Morgan fingerprint density at radius 1 is 0.647 bits per heavy atom. The maximum atomic E-state index is 13.6. The Balaban J connectivity index is 1.15. The highest BCUT2D eigenvalue weighted by molar-refractivity contribution is 6.31. The van der Waals surface area contributed by atoms with Crippen LogP contribution in [0.3, 0.4) is 0 Å². The Morgan fingerprint density at radius 2 is 1.20 bits per heavy atom. The summed E-state index contributed by atoms with van der Waals surface area (Å²) in [4.78, 5) is 13.6. The van der Waals surface area contributed by atoms with Crippen molar-refractivity contribution in [1.82, 2.24) is 15.3 Å². The van der Waals surface area contributed by atoms with Crippen LogP contribution < -0.4 is 26.6 Å². The molecule has 2 aromatic heterocycles. The van der Waals surface area contributed by atoms with E-state index in [0.717, 1.165) is 33.2 Å². The van der Waals surface area contributed by atoms with Crippen LogP contribution in [0, 0.1) is 11.6 Å². The number of allylic oxidation sites excluding steroid dienone is 2. The van der Waals surface area contributed by atoms with Crippen LogP contribution in [-0.4, -0.2) is 42.0 Å². The van der Waals surface area contributed by atoms with Crippen LogP contribution in [0.1, 0.15) is 0 Å². The van der Waals surface area contributed by atoms with Gasteiger partial charge in [0.25, 0.3) is 0 Å². The molecule has 0 radical (unpaired) electrons. The Bertz CT molecular complexity index is 2190. The minimum atomic E-state index is -0.328. The summed E-state index contributed by atoms with van der Waals surface area (Å²) in [6.45, 7) is 2.14. The average molecular weight is 724 g/mol. The lowest BCUT2D eigenvalue weighted by molar-refractivity contribution is 0.627. The van der Waals surface area contributed by atoms with E-state index in [4.69, 9.17) is 28.2 Å². The van der Waals surface area contributed by atoms with E-state index < -0.39 is 0 Å². The van der Waals surface area contributed by atoms with Gasteiger partial charge in [-0.2, -0.15) is 0 Å². The molecule has 0 amide bonds. The first-order valence-electron chi connectivity index (χ1n) is 16.2. The minimum absolute atomic E-state index is 0.322. The minimum Gasteiger partial charge on any atom is -0.383 e. The van der Waals surface area contributed by atoms with E-state index in [9.17, 15) is 8.78 Å². The molecule has 0 aliphatic heterocycles. The third kappa shape index (κ3) is 10.2. The van der Waals surface area contributed by atoms with Crippen LogP contribution in [0.25, 0.3) is 21.8 Å². The molecule has 0 atom stereocenters. The molecule has 6 rings (SSSR count). The third-order valence-corrected chi connectivity index (χ3v) is 8.10. The zero-order valence-electron chi connectivity index (χ0n) is 27.3. The first-order valence-corrected chi connectivity index (χ1v) is 16.9. The molecule has 0 spiro atoms. The zero-order chi connectivity index (χ0) is 35.4. The van der Waals surface area contributed by atoms with E-state index in [1.807, 2.05) is 66.8 Å². The molecule has 8 nitrogen and oxygen atoms in total. The molecule has 0 aliphatic rings. The summed E-state index contributed by atoms with van der Waals surface area (Å²) in [6, 6.07) is 27.2. The number of rotatable bonds is 14. The Hall–Kier alpha value is -5.71. The van der Waals surface area contributed by atoms with Crippen molar-refractivity contribution in [3.05, 3.63) is 155 Å². The van der Waals surface area contributed by atoms with E-state index in [-0.39, 0.29) is 11.6 Å². The van der Waals surface area contributed by atoms with Crippen molar-refractivity contribution in [3.63, 3.8) is 0 Å². The van der Waals surface area contributed by atoms with Crippen molar-refractivity contribution in [2.75, 3.05) is 47.4 Å². The second kappa shape index (κ2) is 17.3. The molecule has 12 heteroatoms. The topological polar surface area (TPSA) is 98.3 Å². The highest BCUT2D eigenvalue weighted by Crippen LogP contribution is 2.25. The van der Waals surface area contributed by atoms with Gasteiger partial charge in [-0.05, 0) is 109 Å². The lowest BCUT2D eigenvalue weighted by Gasteiger charge is -2.15. The molecule has 4 aromatic carbocycles. The van der Waals surface area contributed by atoms with Crippen molar-refractivity contribution < 1.29 is 8.78 Å². The van der Waals surface area contributed by atoms with E-state index >= 15 is 0 Å². The molecule has 0 fully saturated rings. The monoisotopic (exact) mass is 722 g/mol. The first-order chi connectivity index (χ1) is 24.9. The van der Waals surface area contributed by atoms with E-state index in [0.29, 0.717) is 59.3 Å². The predicted octanol–water partition coefficient (Wildman–Crippen LogP) is 9.50. The van der Waals surface area contributed by atoms with E-state index in [1.54, 1.807) is 36.7 Å². The van der Waals surface area contributed by atoms with Gasteiger partial charge in [-0.25, -0.2) is 8.78 Å². The standard InChI is InChI=1S/C39H34Cl2F2N8/c40-26-4-14-32-34(16-18-44-36(32)24-26)46-20-22-48-38(50-30-10-6-28(42)7-11-30)2-1-3-39(51-31-12-8-29(43)9-13-31)49-23-21-47-35-17-19-45-37-25-27(41)5-15-33(35)37/h1-19,24-25,48,50H,20-23H2,(H,44,46)(H,45,47)(H,49,51)/b3-1+,38-2-. The van der Waals surface area contributed by atoms with E-state index in [2.05, 4.69) is 36.6 Å². The van der Waals surface area contributed by atoms with Crippen LogP contribution in [-0.2, 0) is 0 Å². The molecule has 5 N–H and O–H groups in total. The number of hydrogen-bond donors (Lipinski definition) is 5. The van der Waals surface area contributed by atoms with Gasteiger partial charge in [-0.15, -0.1) is 0 Å². The van der Waals surface area contributed by atoms with Gasteiger partial charge in [-0.3, -0.25) is 15.0 Å². The highest BCUT2D eigenvalue weighted by atomic mass is 35.5. The summed E-state index contributed by atoms with van der Waals surface area (Å²) in [7, 11) is 0. The molecule has 2 heterocycles. The van der Waals surface area contributed by atoms with Gasteiger partial charge < -0.3 is 26.6 Å². The van der Waals surface area contributed by atoms with Gasteiger partial charge in [-0.1, -0.05) is 29.3 Å². The number of hydrogen-bond acceptors (Lipinski definition) is 7. The molecule has 0 aliphatic carbocycles. The van der Waals surface area contributed by atoms with Crippen molar-refractivity contribution in [3.8, 4) is 0 Å². The number of aliphatic imine (C=N–C) groups is 1. The van der Waals surface area contributed by atoms with Crippen LogP contribution in [0.5, 0.6) is 0 Å². The molecule has 258 valence electrons. The number of amidine groups is 1. The van der Waals surface area contributed by atoms with Gasteiger partial charge in [0.1, 0.15) is 23.3 Å². The first kappa shape index (κ1) is 35.1. The largest absolute Gasteiger partial charge is 0.383 e. The van der Waals surface area contributed by atoms with Gasteiger partial charge >= 0.3 is 0 Å². The molecular formula is C39H34Cl2F2N8. The van der Waals surface area contributed by atoms with E-state index in [1.165, 1.54) is 24.3 Å². The number of halogens is 4. The lowest BCUT2D eigenvalue weighted by Crippen LogP contribution is -2.25. The number of aromatic nitrogens is 2. The molecule has 51 heavy (non-hydrogen) atoms. The van der Waals surface area contributed by atoms with Crippen molar-refractivity contribution in [2.24, 2.45) is 4.99 Å². The summed E-state index contributed by atoms with van der Waals surface area (Å²) in [5, 5.41) is 20.1. The van der Waals surface area contributed by atoms with Crippen LogP contribution in [0.4, 0.5) is 31.5 Å². The Morgan fingerprint density at radius 3 is 1.78 bits per heavy atom. The van der Waals surface area contributed by atoms with Gasteiger partial charge in [0, 0.05) is 75.6 Å². The zero-order valence-corrected chi connectivity index (χ0v) is 28.8. The van der Waals surface area contributed by atoms with Crippen molar-refractivity contribution in [1.29, 1.82) is 0 Å². The summed E-state index contributed by atoms with van der Waals surface area (Å²) in [5.41, 5.74) is 4.88. The smallest absolute Gasteiger partial charge is 0.125 e. The fraction of sp³-hybridized carbons (Fsp3) is 0.103. The number of pyridine rings is 2. The normalized spacial score (nSPS) is 12.0. The highest BCUT2D eigenvalue weighted by Gasteiger charge is 2.05. The molecule has 0 bridgehead atoms. The molecular weight excluding hydrogens is 689 g/mol. The number of benzene rings is 4. The molecule has 0 unspecified atom stereocenters. The quantitative estimate of drug-likeness (QED) is 0.0331. The fourth-order valence-electron chi connectivity index (χ4n) is 5.20. The number of fused-ring (bicyclic) bond motifs is 2. The van der Waals surface area contributed by atoms with Crippen molar-refractivity contribution >= 4 is 73.6 Å². The molecule has 0 saturated carbocycles. The van der Waals surface area contributed by atoms with Gasteiger partial charge in [0.2, 0.25) is 0 Å². The predicted molar refractivity (Wildman–Crippen MR) is 208 cm³/mol. The van der Waals surface area contributed by atoms with Crippen LogP contribution in [0.2, 0.25) is 10.0 Å². The SMILES string of the molecule is Fc1ccc(NC(/C=C/C=C(/NCCNc2ccnc3cc(Cl)ccc23)Nc2ccc(F)cc2)=NCCNc2ccnc3cc(Cl)ccc23)cc1. The maximum absolute atomic E-state index is 13.6. The number of nitrogens with zero attached hydrogens (tertiary/aromatic N) is 3. The fourth-order valence-corrected chi connectivity index (χ4v) is 5.53. The maximum Gasteiger partial charge on any atom is 0.125 e. The number of nitrogens with one attached hydrogen (secondary N) is 5. The van der Waals surface area contributed by atoms with Gasteiger partial charge in [0.15, 0.2) is 0 Å². The summed E-state index contributed by atoms with van der Waals surface area (Å²) >= 11 is 12.3. The average Bonchev–Trinajstić information content (AvgIpc) is 3.13. The third-order valence-electron chi connectivity index (χ3n) is 7.63. The van der Waals surface area contributed by atoms with Crippen molar-refractivity contribution in [2.45, 2.75) is 0 Å². The second-order valence-corrected chi connectivity index (χ2v) is 12.2. The summed E-state index contributed by atoms with van der Waals surface area (Å²) < 4.78 is 27.2. The van der Waals surface area contributed by atoms with Crippen LogP contribution >= 0.6 is 23.2 Å². The summed E-state index contributed by atoms with van der Waals surface area (Å²) in [5.74, 6) is 0.598. The molecule has 0 saturated heterocycles. The number of anilines is 4. The molecule has 6 aromatic rings. The van der Waals surface area contributed by atoms with Crippen LogP contribution in [0.15, 0.2) is 138 Å². The lowest BCUT2D eigenvalue weighted by atomic mass is 10.2. The summed E-state index contributed by atoms with van der Waals surface area (Å²) in [6.07, 6.45) is 9.01. The van der Waals surface area contributed by atoms with Gasteiger partial charge in [0.05, 0.1) is 17.6 Å².